The third kappa shape index (κ3) is 2.93. The Morgan fingerprint density at radius 2 is 1.88 bits per heavy atom. The molecule has 1 aliphatic rings. The Bertz CT molecular complexity index is 871. The second kappa shape index (κ2) is 6.51. The summed E-state index contributed by atoms with van der Waals surface area (Å²) < 4.78 is 1.68. The lowest BCUT2D eigenvalue weighted by atomic mass is 9.92. The molecule has 25 heavy (non-hydrogen) atoms. The second-order valence-corrected chi connectivity index (χ2v) is 6.35. The van der Waals surface area contributed by atoms with E-state index in [-0.39, 0.29) is 11.9 Å². The SMILES string of the molecule is CCC1Cc2ccccc2CN1C(=O)c1ccc(-n2cncn2)cc1. The molecule has 0 fully saturated rings. The molecule has 5 heteroatoms. The molecule has 0 N–H and O–H groups in total. The van der Waals surface area contributed by atoms with Crippen molar-refractivity contribution in [3.63, 3.8) is 0 Å². The molecule has 0 saturated heterocycles. The number of hydrogen-bond donors (Lipinski definition) is 0. The summed E-state index contributed by atoms with van der Waals surface area (Å²) in [5, 5.41) is 4.11. The number of benzene rings is 2. The van der Waals surface area contributed by atoms with Crippen LogP contribution in [0.25, 0.3) is 5.69 Å². The van der Waals surface area contributed by atoms with Crippen LogP contribution in [0.3, 0.4) is 0 Å². The Kier molecular flexibility index (Phi) is 4.06. The standard InChI is InChI=1S/C20H20N4O/c1-2-18-11-16-5-3-4-6-17(16)12-23(18)20(25)15-7-9-19(10-8-15)24-14-21-13-22-24/h3-10,13-14,18H,2,11-12H2,1H3. The van der Waals surface area contributed by atoms with Gasteiger partial charge < -0.3 is 4.90 Å². The molecule has 5 nitrogen and oxygen atoms in total. The van der Waals surface area contributed by atoms with Crippen molar-refractivity contribution in [1.29, 1.82) is 0 Å². The molecule has 1 amide bonds. The summed E-state index contributed by atoms with van der Waals surface area (Å²) in [6.45, 7) is 2.82. The van der Waals surface area contributed by atoms with Crippen LogP contribution in [0.15, 0.2) is 61.2 Å². The molecule has 0 saturated carbocycles. The van der Waals surface area contributed by atoms with E-state index in [2.05, 4.69) is 35.2 Å². The van der Waals surface area contributed by atoms with Crippen LogP contribution in [0.4, 0.5) is 0 Å². The summed E-state index contributed by atoms with van der Waals surface area (Å²) in [6, 6.07) is 16.2. The first kappa shape index (κ1) is 15.6. The quantitative estimate of drug-likeness (QED) is 0.740. The highest BCUT2D eigenvalue weighted by Gasteiger charge is 2.29. The highest BCUT2D eigenvalue weighted by Crippen LogP contribution is 2.26. The monoisotopic (exact) mass is 332 g/mol. The lowest BCUT2D eigenvalue weighted by molar-refractivity contribution is 0.0635. The van der Waals surface area contributed by atoms with Gasteiger partial charge in [-0.3, -0.25) is 4.79 Å². The number of fused-ring (bicyclic) bond motifs is 1. The average Bonchev–Trinajstić information content (AvgIpc) is 3.21. The van der Waals surface area contributed by atoms with E-state index in [1.54, 1.807) is 11.0 Å². The molecule has 126 valence electrons. The van der Waals surface area contributed by atoms with E-state index in [0.717, 1.165) is 18.5 Å². The Morgan fingerprint density at radius 1 is 1.12 bits per heavy atom. The summed E-state index contributed by atoms with van der Waals surface area (Å²) in [4.78, 5) is 19.0. The zero-order valence-corrected chi connectivity index (χ0v) is 14.2. The third-order valence-electron chi connectivity index (χ3n) is 4.89. The molecule has 0 spiro atoms. The minimum absolute atomic E-state index is 0.0893. The van der Waals surface area contributed by atoms with Crippen molar-refractivity contribution >= 4 is 5.91 Å². The average molecular weight is 332 g/mol. The normalized spacial score (nSPS) is 16.5. The Balaban J connectivity index is 1.59. The Morgan fingerprint density at radius 3 is 2.56 bits per heavy atom. The fourth-order valence-corrected chi connectivity index (χ4v) is 3.45. The second-order valence-electron chi connectivity index (χ2n) is 6.35. The van der Waals surface area contributed by atoms with Gasteiger partial charge in [0.1, 0.15) is 12.7 Å². The molecule has 1 unspecified atom stereocenters. The van der Waals surface area contributed by atoms with Crippen LogP contribution in [-0.2, 0) is 13.0 Å². The lowest BCUT2D eigenvalue weighted by Crippen LogP contribution is -2.43. The van der Waals surface area contributed by atoms with Crippen molar-refractivity contribution in [1.82, 2.24) is 19.7 Å². The van der Waals surface area contributed by atoms with Gasteiger partial charge in [-0.1, -0.05) is 31.2 Å². The van der Waals surface area contributed by atoms with Gasteiger partial charge in [-0.2, -0.15) is 5.10 Å². The van der Waals surface area contributed by atoms with Crippen LogP contribution in [0, 0.1) is 0 Å². The minimum Gasteiger partial charge on any atom is -0.331 e. The molecule has 4 rings (SSSR count). The topological polar surface area (TPSA) is 51.0 Å². The highest BCUT2D eigenvalue weighted by atomic mass is 16.2. The van der Waals surface area contributed by atoms with Crippen molar-refractivity contribution < 1.29 is 4.79 Å². The van der Waals surface area contributed by atoms with Gasteiger partial charge in [0.2, 0.25) is 0 Å². The van der Waals surface area contributed by atoms with Crippen LogP contribution in [0.2, 0.25) is 0 Å². The third-order valence-corrected chi connectivity index (χ3v) is 4.89. The van der Waals surface area contributed by atoms with E-state index in [0.29, 0.717) is 12.1 Å². The molecule has 1 aliphatic heterocycles. The van der Waals surface area contributed by atoms with Crippen LogP contribution >= 0.6 is 0 Å². The molecular formula is C20H20N4O. The zero-order chi connectivity index (χ0) is 17.2. The summed E-state index contributed by atoms with van der Waals surface area (Å²) >= 11 is 0. The molecule has 1 aromatic heterocycles. The number of aromatic nitrogens is 3. The van der Waals surface area contributed by atoms with Gasteiger partial charge in [0, 0.05) is 18.2 Å². The number of hydrogen-bond acceptors (Lipinski definition) is 3. The van der Waals surface area contributed by atoms with E-state index in [4.69, 9.17) is 0 Å². The van der Waals surface area contributed by atoms with Crippen molar-refractivity contribution in [2.75, 3.05) is 0 Å². The minimum atomic E-state index is 0.0893. The molecule has 0 bridgehead atoms. The first-order valence-corrected chi connectivity index (χ1v) is 8.59. The van der Waals surface area contributed by atoms with Gasteiger partial charge in [-0.25, -0.2) is 9.67 Å². The van der Waals surface area contributed by atoms with Gasteiger partial charge in [-0.15, -0.1) is 0 Å². The Hall–Kier alpha value is -2.95. The molecule has 3 aromatic rings. The molecule has 2 heterocycles. The molecular weight excluding hydrogens is 312 g/mol. The number of rotatable bonds is 3. The van der Waals surface area contributed by atoms with Crippen molar-refractivity contribution in [2.24, 2.45) is 0 Å². The van der Waals surface area contributed by atoms with Gasteiger partial charge in [0.25, 0.3) is 5.91 Å². The molecule has 0 radical (unpaired) electrons. The van der Waals surface area contributed by atoms with E-state index in [9.17, 15) is 4.79 Å². The maximum absolute atomic E-state index is 13.1. The predicted octanol–water partition coefficient (Wildman–Crippen LogP) is 3.24. The summed E-state index contributed by atoms with van der Waals surface area (Å²) in [5.74, 6) is 0.0893. The van der Waals surface area contributed by atoms with Crippen LogP contribution in [0.5, 0.6) is 0 Å². The maximum atomic E-state index is 13.1. The van der Waals surface area contributed by atoms with Gasteiger partial charge in [-0.05, 0) is 48.2 Å². The highest BCUT2D eigenvalue weighted by molar-refractivity contribution is 5.94. The van der Waals surface area contributed by atoms with Crippen molar-refractivity contribution in [3.8, 4) is 5.69 Å². The first-order valence-electron chi connectivity index (χ1n) is 8.59. The van der Waals surface area contributed by atoms with Crippen molar-refractivity contribution in [3.05, 3.63) is 77.9 Å². The number of nitrogens with zero attached hydrogens (tertiary/aromatic N) is 4. The van der Waals surface area contributed by atoms with E-state index >= 15 is 0 Å². The smallest absolute Gasteiger partial charge is 0.254 e. The van der Waals surface area contributed by atoms with Crippen LogP contribution in [-0.4, -0.2) is 31.6 Å². The molecule has 1 atom stereocenters. The van der Waals surface area contributed by atoms with E-state index in [1.165, 1.54) is 17.5 Å². The largest absolute Gasteiger partial charge is 0.331 e. The fraction of sp³-hybridized carbons (Fsp3) is 0.250. The first-order chi connectivity index (χ1) is 12.3. The molecule has 2 aromatic carbocycles. The number of amides is 1. The Labute approximate surface area is 146 Å². The van der Waals surface area contributed by atoms with Gasteiger partial charge >= 0.3 is 0 Å². The van der Waals surface area contributed by atoms with Crippen LogP contribution in [0.1, 0.15) is 34.8 Å². The fourth-order valence-electron chi connectivity index (χ4n) is 3.45. The number of carbonyl (C=O) groups excluding carboxylic acids is 1. The zero-order valence-electron chi connectivity index (χ0n) is 14.2. The van der Waals surface area contributed by atoms with E-state index in [1.807, 2.05) is 35.2 Å². The summed E-state index contributed by atoms with van der Waals surface area (Å²) in [5.41, 5.74) is 4.21. The van der Waals surface area contributed by atoms with Crippen LogP contribution < -0.4 is 0 Å². The van der Waals surface area contributed by atoms with Gasteiger partial charge in [0.15, 0.2) is 0 Å². The van der Waals surface area contributed by atoms with Crippen molar-refractivity contribution in [2.45, 2.75) is 32.4 Å². The van der Waals surface area contributed by atoms with Gasteiger partial charge in [0.05, 0.1) is 5.69 Å². The summed E-state index contributed by atoms with van der Waals surface area (Å²) in [6.07, 6.45) is 5.02. The maximum Gasteiger partial charge on any atom is 0.254 e. The number of carbonyl (C=O) groups is 1. The lowest BCUT2D eigenvalue weighted by Gasteiger charge is -2.36. The van der Waals surface area contributed by atoms with E-state index < -0.39 is 0 Å². The summed E-state index contributed by atoms with van der Waals surface area (Å²) in [7, 11) is 0. The molecule has 0 aliphatic carbocycles. The predicted molar refractivity (Wildman–Crippen MR) is 95.5 cm³/mol.